The maximum Gasteiger partial charge on any atom is 0.328 e. The molecule has 8 heteroatoms. The first-order chi connectivity index (χ1) is 16.0. The van der Waals surface area contributed by atoms with E-state index in [4.69, 9.17) is 4.74 Å². The molecule has 178 valence electrons. The van der Waals surface area contributed by atoms with Crippen molar-refractivity contribution in [2.24, 2.45) is 0 Å². The number of esters is 1. The van der Waals surface area contributed by atoms with Crippen LogP contribution >= 0.6 is 24.4 Å². The Morgan fingerprint density at radius 2 is 2.03 bits per heavy atom. The molecule has 0 unspecified atom stereocenters. The molecule has 1 saturated heterocycles. The Balaban J connectivity index is 1.81. The molecule has 0 spiro atoms. The smallest absolute Gasteiger partial charge is 0.328 e. The van der Waals surface area contributed by atoms with Crippen LogP contribution in [0.3, 0.4) is 0 Å². The van der Waals surface area contributed by atoms with Crippen molar-refractivity contribution in [2.75, 3.05) is 37.5 Å². The van der Waals surface area contributed by atoms with E-state index in [9.17, 15) is 9.59 Å². The van der Waals surface area contributed by atoms with Crippen LogP contribution in [-0.2, 0) is 16.0 Å². The average Bonchev–Trinajstić information content (AvgIpc) is 3.25. The van der Waals surface area contributed by atoms with E-state index in [1.54, 1.807) is 11.8 Å². The van der Waals surface area contributed by atoms with Gasteiger partial charge in [0.2, 0.25) is 0 Å². The number of methoxy groups -OCH3 is 1. The number of hydrogen-bond donors (Lipinski definition) is 4. The van der Waals surface area contributed by atoms with Gasteiger partial charge in [0.05, 0.1) is 7.11 Å². The molecular weight excluding hydrogens is 454 g/mol. The van der Waals surface area contributed by atoms with Gasteiger partial charge in [-0.1, -0.05) is 36.4 Å². The van der Waals surface area contributed by atoms with E-state index in [2.05, 4.69) is 28.6 Å². The summed E-state index contributed by atoms with van der Waals surface area (Å²) in [5, 5.41) is 10.1. The Labute approximate surface area is 206 Å². The van der Waals surface area contributed by atoms with Crippen LogP contribution in [0.5, 0.6) is 0 Å². The van der Waals surface area contributed by atoms with Gasteiger partial charge in [-0.25, -0.2) is 4.79 Å². The first-order valence-electron chi connectivity index (χ1n) is 11.2. The quantitative estimate of drug-likeness (QED) is 0.288. The molecule has 3 N–H and O–H groups in total. The Morgan fingerprint density at radius 3 is 2.70 bits per heavy atom. The zero-order valence-electron chi connectivity index (χ0n) is 19.2. The Hall–Kier alpha value is -2.16. The number of carbonyl (C=O) groups is 2. The van der Waals surface area contributed by atoms with Gasteiger partial charge < -0.3 is 20.7 Å². The molecule has 1 heterocycles. The van der Waals surface area contributed by atoms with Crippen molar-refractivity contribution in [3.63, 3.8) is 0 Å². The second-order valence-electron chi connectivity index (χ2n) is 8.16. The number of anilines is 1. The predicted molar refractivity (Wildman–Crippen MR) is 140 cm³/mol. The summed E-state index contributed by atoms with van der Waals surface area (Å²) in [4.78, 5) is 25.6. The fraction of sp³-hybridized carbons (Fsp3) is 0.440. The summed E-state index contributed by atoms with van der Waals surface area (Å²) >= 11 is 6.27. The Kier molecular flexibility index (Phi) is 9.96. The minimum atomic E-state index is -0.677. The second-order valence-corrected chi connectivity index (χ2v) is 9.81. The molecular formula is C25H33N3O3S2. The minimum absolute atomic E-state index is 0.271. The van der Waals surface area contributed by atoms with Crippen molar-refractivity contribution in [3.8, 4) is 0 Å². The van der Waals surface area contributed by atoms with Gasteiger partial charge in [0.25, 0.3) is 5.91 Å². The lowest BCUT2D eigenvalue weighted by Gasteiger charge is -2.20. The number of hydrogen-bond acceptors (Lipinski definition) is 7. The summed E-state index contributed by atoms with van der Waals surface area (Å²) in [5.74, 6) is 0.0493. The molecule has 0 radical (unpaired) electrons. The lowest BCUT2D eigenvalue weighted by atomic mass is 9.98. The summed E-state index contributed by atoms with van der Waals surface area (Å²) in [6.07, 6.45) is 4.16. The van der Waals surface area contributed by atoms with Crippen LogP contribution in [0, 0.1) is 0 Å². The highest BCUT2D eigenvalue weighted by molar-refractivity contribution is 7.98. The molecule has 1 aliphatic rings. The van der Waals surface area contributed by atoms with Crippen molar-refractivity contribution in [2.45, 2.75) is 36.6 Å². The maximum absolute atomic E-state index is 13.3. The van der Waals surface area contributed by atoms with Crippen molar-refractivity contribution < 1.29 is 14.3 Å². The third-order valence-electron chi connectivity index (χ3n) is 5.83. The van der Waals surface area contributed by atoms with Crippen LogP contribution in [0.2, 0.25) is 0 Å². The molecule has 2 aromatic carbocycles. The van der Waals surface area contributed by atoms with E-state index in [0.717, 1.165) is 42.1 Å². The molecule has 3 atom stereocenters. The fourth-order valence-electron chi connectivity index (χ4n) is 3.92. The van der Waals surface area contributed by atoms with Gasteiger partial charge in [0, 0.05) is 29.1 Å². The van der Waals surface area contributed by atoms with E-state index in [-0.39, 0.29) is 11.9 Å². The van der Waals surface area contributed by atoms with Gasteiger partial charge in [-0.2, -0.15) is 24.4 Å². The zero-order valence-corrected chi connectivity index (χ0v) is 20.9. The van der Waals surface area contributed by atoms with E-state index >= 15 is 0 Å². The van der Waals surface area contributed by atoms with Crippen LogP contribution in [-0.4, -0.2) is 61.4 Å². The topological polar surface area (TPSA) is 79.5 Å². The van der Waals surface area contributed by atoms with E-state index in [0.29, 0.717) is 23.7 Å². The highest BCUT2D eigenvalue weighted by Crippen LogP contribution is 2.21. The summed E-state index contributed by atoms with van der Waals surface area (Å²) in [6.45, 7) is 1.70. The van der Waals surface area contributed by atoms with Crippen molar-refractivity contribution >= 4 is 42.0 Å². The number of thiol groups is 1. The van der Waals surface area contributed by atoms with E-state index in [1.807, 2.05) is 54.8 Å². The lowest BCUT2D eigenvalue weighted by molar-refractivity contribution is -0.142. The highest BCUT2D eigenvalue weighted by atomic mass is 32.2. The normalized spacial score (nSPS) is 18.5. The van der Waals surface area contributed by atoms with Crippen LogP contribution in [0.25, 0.3) is 0 Å². The maximum atomic E-state index is 13.3. The highest BCUT2D eigenvalue weighted by Gasteiger charge is 2.25. The van der Waals surface area contributed by atoms with Crippen molar-refractivity contribution in [1.82, 2.24) is 10.6 Å². The largest absolute Gasteiger partial charge is 0.467 e. The summed E-state index contributed by atoms with van der Waals surface area (Å²) in [6, 6.07) is 15.5. The number of carbonyl (C=O) groups excluding carboxylic acids is 2. The van der Waals surface area contributed by atoms with Crippen LogP contribution in [0.4, 0.5) is 5.69 Å². The molecule has 1 amide bonds. The van der Waals surface area contributed by atoms with Gasteiger partial charge in [-0.3, -0.25) is 4.79 Å². The fourth-order valence-corrected chi connectivity index (χ4v) is 4.73. The molecule has 3 rings (SSSR count). The van der Waals surface area contributed by atoms with Crippen LogP contribution in [0.15, 0.2) is 48.5 Å². The van der Waals surface area contributed by atoms with E-state index < -0.39 is 12.0 Å². The number of amides is 1. The first kappa shape index (κ1) is 25.5. The zero-order chi connectivity index (χ0) is 23.6. The third kappa shape index (κ3) is 7.42. The van der Waals surface area contributed by atoms with Crippen molar-refractivity contribution in [3.05, 3.63) is 65.2 Å². The van der Waals surface area contributed by atoms with Crippen LogP contribution < -0.4 is 16.0 Å². The van der Waals surface area contributed by atoms with Crippen LogP contribution in [0.1, 0.15) is 34.3 Å². The molecule has 0 aliphatic carbocycles. The number of ether oxygens (including phenoxy) is 1. The molecule has 0 bridgehead atoms. The molecule has 1 aliphatic heterocycles. The summed E-state index contributed by atoms with van der Waals surface area (Å²) < 4.78 is 4.91. The average molecular weight is 488 g/mol. The van der Waals surface area contributed by atoms with Gasteiger partial charge in [-0.15, -0.1) is 0 Å². The number of thioether (sulfide) groups is 1. The lowest BCUT2D eigenvalue weighted by Crippen LogP contribution is -2.42. The number of nitrogens with one attached hydrogen (secondary N) is 3. The Morgan fingerprint density at radius 1 is 1.24 bits per heavy atom. The Bertz CT molecular complexity index is 926. The molecule has 0 aromatic heterocycles. The molecule has 1 fully saturated rings. The standard InChI is InChI=1S/C25H33N3O3S2/c1-31-25(30)21(11-13-33-2)28-24(29)20-15-19(27-16-22-23(32)10-12-26-22)9-8-18(20)14-17-6-4-3-5-7-17/h3-9,15,21-23,26-27,32H,10-14,16H2,1-2H3,(H,28,29)/t21-,22-,23-/m0/s1. The number of benzene rings is 2. The van der Waals surface area contributed by atoms with Gasteiger partial charge in [0.15, 0.2) is 0 Å². The van der Waals surface area contributed by atoms with E-state index in [1.165, 1.54) is 7.11 Å². The predicted octanol–water partition coefficient (Wildman–Crippen LogP) is 3.37. The molecule has 6 nitrogen and oxygen atoms in total. The van der Waals surface area contributed by atoms with Gasteiger partial charge in [0.1, 0.15) is 6.04 Å². The first-order valence-corrected chi connectivity index (χ1v) is 13.1. The third-order valence-corrected chi connectivity index (χ3v) is 7.09. The summed E-state index contributed by atoms with van der Waals surface area (Å²) in [7, 11) is 1.34. The monoisotopic (exact) mass is 487 g/mol. The molecule has 33 heavy (non-hydrogen) atoms. The molecule has 2 aromatic rings. The van der Waals surface area contributed by atoms with Gasteiger partial charge in [-0.05, 0) is 61.1 Å². The second kappa shape index (κ2) is 12.9. The van der Waals surface area contributed by atoms with Gasteiger partial charge >= 0.3 is 5.97 Å². The molecule has 0 saturated carbocycles. The minimum Gasteiger partial charge on any atom is -0.467 e. The number of rotatable bonds is 11. The van der Waals surface area contributed by atoms with Crippen molar-refractivity contribution in [1.29, 1.82) is 0 Å². The SMILES string of the molecule is COC(=O)[C@H](CCSC)NC(=O)c1cc(NC[C@@H]2NCC[C@@H]2S)ccc1Cc1ccccc1. The summed E-state index contributed by atoms with van der Waals surface area (Å²) in [5.41, 5.74) is 3.45.